The van der Waals surface area contributed by atoms with Gasteiger partial charge in [-0.1, -0.05) is 6.42 Å². The number of nitrogens with one attached hydrogen (secondary N) is 1. The first-order valence-corrected chi connectivity index (χ1v) is 5.89. The molecule has 13 heavy (non-hydrogen) atoms. The zero-order valence-electron chi connectivity index (χ0n) is 7.83. The van der Waals surface area contributed by atoms with Crippen molar-refractivity contribution in [2.24, 2.45) is 0 Å². The maximum atomic E-state index is 3.46. The lowest BCUT2D eigenvalue weighted by Crippen LogP contribution is -2.40. The Morgan fingerprint density at radius 1 is 1.31 bits per heavy atom. The minimum Gasteiger partial charge on any atom is -0.251 e. The number of hydrogen-bond donors (Lipinski definition) is 1. The average Bonchev–Trinajstić information content (AvgIpc) is 2.69. The molecule has 0 radical (unpaired) electrons. The Bertz CT molecular complexity index is 227. The van der Waals surface area contributed by atoms with Crippen LogP contribution >= 0.6 is 11.3 Å². The Kier molecular flexibility index (Phi) is 3.35. The van der Waals surface area contributed by atoms with Gasteiger partial charge in [0.05, 0.1) is 0 Å². The van der Waals surface area contributed by atoms with Crippen molar-refractivity contribution in [1.29, 1.82) is 0 Å². The quantitative estimate of drug-likeness (QED) is 0.797. The van der Waals surface area contributed by atoms with Crippen LogP contribution in [-0.4, -0.2) is 18.1 Å². The normalized spacial score (nSPS) is 19.1. The van der Waals surface area contributed by atoms with Gasteiger partial charge in [-0.3, -0.25) is 5.43 Å². The highest BCUT2D eigenvalue weighted by atomic mass is 32.1. The summed E-state index contributed by atoms with van der Waals surface area (Å²) in [6, 6.07) is 2.18. The van der Waals surface area contributed by atoms with Crippen LogP contribution in [0.2, 0.25) is 0 Å². The molecule has 3 heteroatoms. The van der Waals surface area contributed by atoms with E-state index in [1.165, 1.54) is 37.9 Å². The van der Waals surface area contributed by atoms with Crippen LogP contribution in [-0.2, 0) is 6.54 Å². The number of nitrogens with zero attached hydrogens (tertiary/aromatic N) is 1. The molecule has 2 rings (SSSR count). The van der Waals surface area contributed by atoms with Gasteiger partial charge >= 0.3 is 0 Å². The molecule has 1 N–H and O–H groups in total. The highest BCUT2D eigenvalue weighted by Gasteiger charge is 2.08. The van der Waals surface area contributed by atoms with Crippen molar-refractivity contribution in [3.05, 3.63) is 22.4 Å². The minimum atomic E-state index is 0.990. The van der Waals surface area contributed by atoms with Crippen molar-refractivity contribution in [2.45, 2.75) is 25.8 Å². The molecule has 0 bridgehead atoms. The van der Waals surface area contributed by atoms with E-state index in [2.05, 4.69) is 27.3 Å². The number of piperidine rings is 1. The van der Waals surface area contributed by atoms with Crippen molar-refractivity contribution in [3.63, 3.8) is 0 Å². The van der Waals surface area contributed by atoms with Crippen molar-refractivity contribution in [3.8, 4) is 0 Å². The van der Waals surface area contributed by atoms with Crippen LogP contribution in [0.5, 0.6) is 0 Å². The molecule has 0 unspecified atom stereocenters. The lowest BCUT2D eigenvalue weighted by Gasteiger charge is -2.26. The van der Waals surface area contributed by atoms with Crippen LogP contribution in [0.4, 0.5) is 0 Å². The van der Waals surface area contributed by atoms with E-state index in [9.17, 15) is 0 Å². The molecule has 2 nitrogen and oxygen atoms in total. The van der Waals surface area contributed by atoms with E-state index in [0.717, 1.165) is 6.54 Å². The second-order valence-electron chi connectivity index (χ2n) is 3.51. The Morgan fingerprint density at radius 2 is 2.15 bits per heavy atom. The van der Waals surface area contributed by atoms with E-state index < -0.39 is 0 Å². The second-order valence-corrected chi connectivity index (χ2v) is 4.29. The third kappa shape index (κ3) is 2.79. The fraction of sp³-hybridized carbons (Fsp3) is 0.600. The SMILES string of the molecule is c1cc(CNN2CCCCC2)cs1. The highest BCUT2D eigenvalue weighted by molar-refractivity contribution is 7.07. The Labute approximate surface area is 83.5 Å². The molecule has 72 valence electrons. The fourth-order valence-corrected chi connectivity index (χ4v) is 2.32. The number of thiophene rings is 1. The van der Waals surface area contributed by atoms with Crippen LogP contribution in [0, 0.1) is 0 Å². The predicted molar refractivity (Wildman–Crippen MR) is 56.6 cm³/mol. The number of hydrogen-bond acceptors (Lipinski definition) is 3. The first-order valence-electron chi connectivity index (χ1n) is 4.95. The molecular formula is C10H16N2S. The minimum absolute atomic E-state index is 0.990. The molecule has 0 saturated carbocycles. The molecule has 1 aromatic heterocycles. The van der Waals surface area contributed by atoms with Gasteiger partial charge in [0.15, 0.2) is 0 Å². The van der Waals surface area contributed by atoms with Crippen molar-refractivity contribution in [2.75, 3.05) is 13.1 Å². The van der Waals surface area contributed by atoms with Gasteiger partial charge < -0.3 is 0 Å². The average molecular weight is 196 g/mol. The topological polar surface area (TPSA) is 15.3 Å². The maximum Gasteiger partial charge on any atom is 0.0361 e. The Morgan fingerprint density at radius 3 is 2.85 bits per heavy atom. The molecule has 0 amide bonds. The van der Waals surface area contributed by atoms with E-state index in [4.69, 9.17) is 0 Å². The smallest absolute Gasteiger partial charge is 0.0361 e. The summed E-state index contributed by atoms with van der Waals surface area (Å²) in [5, 5.41) is 6.69. The van der Waals surface area contributed by atoms with Crippen LogP contribution in [0.1, 0.15) is 24.8 Å². The van der Waals surface area contributed by atoms with Gasteiger partial charge in [-0.2, -0.15) is 11.3 Å². The summed E-state index contributed by atoms with van der Waals surface area (Å²) in [5.41, 5.74) is 4.86. The van der Waals surface area contributed by atoms with Gasteiger partial charge in [0.25, 0.3) is 0 Å². The molecule has 2 heterocycles. The first-order chi connectivity index (χ1) is 6.45. The van der Waals surface area contributed by atoms with E-state index >= 15 is 0 Å². The summed E-state index contributed by atoms with van der Waals surface area (Å²) in [4.78, 5) is 0. The summed E-state index contributed by atoms with van der Waals surface area (Å²) < 4.78 is 0. The van der Waals surface area contributed by atoms with Crippen LogP contribution in [0.3, 0.4) is 0 Å². The van der Waals surface area contributed by atoms with Crippen molar-refractivity contribution >= 4 is 11.3 Å². The second kappa shape index (κ2) is 4.74. The molecule has 1 aliphatic rings. The van der Waals surface area contributed by atoms with Gasteiger partial charge in [0.1, 0.15) is 0 Å². The molecule has 1 aliphatic heterocycles. The molecule has 0 spiro atoms. The summed E-state index contributed by atoms with van der Waals surface area (Å²) in [6.07, 6.45) is 4.09. The molecule has 1 aromatic rings. The summed E-state index contributed by atoms with van der Waals surface area (Å²) >= 11 is 1.77. The Hall–Kier alpha value is -0.380. The Balaban J connectivity index is 1.72. The van der Waals surface area contributed by atoms with E-state index in [1.807, 2.05) is 0 Å². The zero-order valence-corrected chi connectivity index (χ0v) is 8.65. The van der Waals surface area contributed by atoms with Gasteiger partial charge in [0.2, 0.25) is 0 Å². The first kappa shape index (κ1) is 9.19. The zero-order chi connectivity index (χ0) is 8.93. The van der Waals surface area contributed by atoms with Crippen LogP contribution in [0.15, 0.2) is 16.8 Å². The molecule has 0 aliphatic carbocycles. The van der Waals surface area contributed by atoms with E-state index in [-0.39, 0.29) is 0 Å². The third-order valence-corrected chi connectivity index (χ3v) is 3.18. The van der Waals surface area contributed by atoms with Gasteiger partial charge in [-0.05, 0) is 35.2 Å². The van der Waals surface area contributed by atoms with Crippen LogP contribution < -0.4 is 5.43 Å². The monoisotopic (exact) mass is 196 g/mol. The van der Waals surface area contributed by atoms with E-state index in [0.29, 0.717) is 0 Å². The maximum absolute atomic E-state index is 3.46. The van der Waals surface area contributed by atoms with E-state index in [1.54, 1.807) is 11.3 Å². The predicted octanol–water partition coefficient (Wildman–Crippen LogP) is 2.24. The molecule has 0 aromatic carbocycles. The number of rotatable bonds is 3. The number of hydrazine groups is 1. The molecule has 1 fully saturated rings. The lowest BCUT2D eigenvalue weighted by molar-refractivity contribution is 0.151. The summed E-state index contributed by atoms with van der Waals surface area (Å²) in [6.45, 7) is 3.41. The summed E-state index contributed by atoms with van der Waals surface area (Å²) in [5.74, 6) is 0. The van der Waals surface area contributed by atoms with Crippen molar-refractivity contribution in [1.82, 2.24) is 10.4 Å². The largest absolute Gasteiger partial charge is 0.251 e. The molecule has 1 saturated heterocycles. The van der Waals surface area contributed by atoms with Crippen LogP contribution in [0.25, 0.3) is 0 Å². The molecular weight excluding hydrogens is 180 g/mol. The van der Waals surface area contributed by atoms with Gasteiger partial charge in [-0.25, -0.2) is 5.01 Å². The lowest BCUT2D eigenvalue weighted by atomic mass is 10.2. The standard InChI is InChI=1S/C10H16N2S/c1-2-5-12(6-3-1)11-8-10-4-7-13-9-10/h4,7,9,11H,1-3,5-6,8H2. The van der Waals surface area contributed by atoms with Gasteiger partial charge in [-0.15, -0.1) is 0 Å². The fourth-order valence-electron chi connectivity index (χ4n) is 1.65. The van der Waals surface area contributed by atoms with Gasteiger partial charge in [0, 0.05) is 19.6 Å². The third-order valence-electron chi connectivity index (χ3n) is 2.44. The highest BCUT2D eigenvalue weighted by Crippen LogP contribution is 2.08. The van der Waals surface area contributed by atoms with Crippen molar-refractivity contribution < 1.29 is 0 Å². The molecule has 0 atom stereocenters. The summed E-state index contributed by atoms with van der Waals surface area (Å²) in [7, 11) is 0.